The van der Waals surface area contributed by atoms with Gasteiger partial charge in [0.25, 0.3) is 11.1 Å². The van der Waals surface area contributed by atoms with Crippen LogP contribution in [0, 0.1) is 13.8 Å². The Labute approximate surface area is 187 Å². The third-order valence-electron chi connectivity index (χ3n) is 4.50. The van der Waals surface area contributed by atoms with Crippen LogP contribution in [-0.2, 0) is 11.4 Å². The number of hydrogen-bond acceptors (Lipinski definition) is 8. The summed E-state index contributed by atoms with van der Waals surface area (Å²) in [5, 5.41) is 13.5. The Morgan fingerprint density at radius 3 is 2.81 bits per heavy atom. The first-order valence-corrected chi connectivity index (χ1v) is 11.4. The molecule has 0 atom stereocenters. The molecule has 158 valence electrons. The lowest BCUT2D eigenvalue weighted by atomic mass is 10.1. The SMILES string of the molecule is Cc1cccc(OCc2nnc(SCC(=O)Nc3nc(-c4ccccc4)cs3)o2)c1C. The first kappa shape index (κ1) is 21.1. The summed E-state index contributed by atoms with van der Waals surface area (Å²) in [4.78, 5) is 16.7. The molecule has 0 unspecified atom stereocenters. The minimum atomic E-state index is -0.189. The zero-order valence-corrected chi connectivity index (χ0v) is 18.6. The number of aryl methyl sites for hydroxylation is 1. The summed E-state index contributed by atoms with van der Waals surface area (Å²) in [6, 6.07) is 15.7. The van der Waals surface area contributed by atoms with Gasteiger partial charge in [-0.15, -0.1) is 21.5 Å². The van der Waals surface area contributed by atoms with E-state index in [0.717, 1.165) is 28.1 Å². The van der Waals surface area contributed by atoms with Crippen LogP contribution >= 0.6 is 23.1 Å². The number of hydrogen-bond donors (Lipinski definition) is 1. The fourth-order valence-electron chi connectivity index (χ4n) is 2.73. The molecule has 0 aliphatic carbocycles. The highest BCUT2D eigenvalue weighted by molar-refractivity contribution is 7.99. The lowest BCUT2D eigenvalue weighted by Gasteiger charge is -2.08. The van der Waals surface area contributed by atoms with Gasteiger partial charge in [0.1, 0.15) is 5.75 Å². The fourth-order valence-corrected chi connectivity index (χ4v) is 4.05. The second-order valence-corrected chi connectivity index (χ2v) is 8.47. The summed E-state index contributed by atoms with van der Waals surface area (Å²) < 4.78 is 11.3. The molecule has 31 heavy (non-hydrogen) atoms. The Morgan fingerprint density at radius 2 is 1.97 bits per heavy atom. The van der Waals surface area contributed by atoms with Crippen LogP contribution in [0.4, 0.5) is 5.13 Å². The van der Waals surface area contributed by atoms with Crippen LogP contribution in [0.5, 0.6) is 5.75 Å². The highest BCUT2D eigenvalue weighted by atomic mass is 32.2. The van der Waals surface area contributed by atoms with E-state index in [1.807, 2.05) is 67.8 Å². The summed E-state index contributed by atoms with van der Waals surface area (Å²) >= 11 is 2.55. The van der Waals surface area contributed by atoms with Crippen LogP contribution in [-0.4, -0.2) is 26.8 Å². The van der Waals surface area contributed by atoms with Crippen LogP contribution in [0.25, 0.3) is 11.3 Å². The quantitative estimate of drug-likeness (QED) is 0.371. The van der Waals surface area contributed by atoms with Crippen molar-refractivity contribution in [3.8, 4) is 17.0 Å². The van der Waals surface area contributed by atoms with Crippen molar-refractivity contribution in [1.82, 2.24) is 15.2 Å². The van der Waals surface area contributed by atoms with Gasteiger partial charge in [0.05, 0.1) is 11.4 Å². The summed E-state index contributed by atoms with van der Waals surface area (Å²) in [5.41, 5.74) is 4.07. The number of thiazole rings is 1. The Balaban J connectivity index is 1.26. The summed E-state index contributed by atoms with van der Waals surface area (Å²) in [6.45, 7) is 4.21. The molecule has 0 radical (unpaired) electrons. The number of amides is 1. The predicted molar refractivity (Wildman–Crippen MR) is 121 cm³/mol. The van der Waals surface area contributed by atoms with Crippen molar-refractivity contribution in [3.05, 3.63) is 70.9 Å². The Kier molecular flexibility index (Phi) is 6.63. The molecule has 0 aliphatic rings. The van der Waals surface area contributed by atoms with Gasteiger partial charge in [-0.2, -0.15) is 0 Å². The summed E-state index contributed by atoms with van der Waals surface area (Å²) in [6.07, 6.45) is 0. The average Bonchev–Trinajstić information content (AvgIpc) is 3.43. The highest BCUT2D eigenvalue weighted by Gasteiger charge is 2.13. The molecule has 0 saturated heterocycles. The molecule has 0 fully saturated rings. The normalized spacial score (nSPS) is 10.8. The van der Waals surface area contributed by atoms with E-state index in [1.54, 1.807) is 0 Å². The molecule has 2 heterocycles. The number of nitrogens with one attached hydrogen (secondary N) is 1. The van der Waals surface area contributed by atoms with Crippen molar-refractivity contribution in [2.45, 2.75) is 25.7 Å². The summed E-state index contributed by atoms with van der Waals surface area (Å²) in [7, 11) is 0. The first-order valence-electron chi connectivity index (χ1n) is 9.53. The smallest absolute Gasteiger partial charge is 0.277 e. The lowest BCUT2D eigenvalue weighted by molar-refractivity contribution is -0.113. The van der Waals surface area contributed by atoms with Gasteiger partial charge >= 0.3 is 0 Å². The largest absolute Gasteiger partial charge is 0.484 e. The van der Waals surface area contributed by atoms with Crippen molar-refractivity contribution in [2.24, 2.45) is 0 Å². The monoisotopic (exact) mass is 452 g/mol. The number of ether oxygens (including phenoxy) is 1. The van der Waals surface area contributed by atoms with E-state index in [9.17, 15) is 4.79 Å². The third-order valence-corrected chi connectivity index (χ3v) is 6.08. The number of carbonyl (C=O) groups is 1. The topological polar surface area (TPSA) is 90.1 Å². The molecule has 1 amide bonds. The van der Waals surface area contributed by atoms with Crippen LogP contribution in [0.2, 0.25) is 0 Å². The number of anilines is 1. The number of aromatic nitrogens is 3. The van der Waals surface area contributed by atoms with Crippen LogP contribution in [0.3, 0.4) is 0 Å². The van der Waals surface area contributed by atoms with Crippen LogP contribution < -0.4 is 10.1 Å². The van der Waals surface area contributed by atoms with Gasteiger partial charge in [0, 0.05) is 10.9 Å². The van der Waals surface area contributed by atoms with E-state index in [1.165, 1.54) is 23.1 Å². The number of rotatable bonds is 8. The second-order valence-electron chi connectivity index (χ2n) is 6.69. The molecule has 2 aromatic carbocycles. The Bertz CT molecular complexity index is 1170. The molecule has 4 rings (SSSR count). The van der Waals surface area contributed by atoms with Gasteiger partial charge in [0.2, 0.25) is 5.91 Å². The minimum absolute atomic E-state index is 0.139. The van der Waals surface area contributed by atoms with Crippen molar-refractivity contribution in [3.63, 3.8) is 0 Å². The van der Waals surface area contributed by atoms with Gasteiger partial charge in [-0.05, 0) is 31.0 Å². The van der Waals surface area contributed by atoms with E-state index >= 15 is 0 Å². The van der Waals surface area contributed by atoms with Crippen molar-refractivity contribution >= 4 is 34.1 Å². The molecular weight excluding hydrogens is 432 g/mol. The van der Waals surface area contributed by atoms with Crippen molar-refractivity contribution in [2.75, 3.05) is 11.1 Å². The van der Waals surface area contributed by atoms with E-state index in [2.05, 4.69) is 20.5 Å². The Hall–Kier alpha value is -3.17. The van der Waals surface area contributed by atoms with Crippen molar-refractivity contribution in [1.29, 1.82) is 0 Å². The molecule has 4 aromatic rings. The minimum Gasteiger partial charge on any atom is -0.484 e. The van der Waals surface area contributed by atoms with Gasteiger partial charge < -0.3 is 14.5 Å². The average molecular weight is 453 g/mol. The number of benzene rings is 2. The Morgan fingerprint density at radius 1 is 1.13 bits per heavy atom. The van der Waals surface area contributed by atoms with Crippen LogP contribution in [0.15, 0.2) is 63.6 Å². The molecule has 0 saturated carbocycles. The highest BCUT2D eigenvalue weighted by Crippen LogP contribution is 2.25. The van der Waals surface area contributed by atoms with Gasteiger partial charge in [0.15, 0.2) is 11.7 Å². The maximum Gasteiger partial charge on any atom is 0.277 e. The van der Waals surface area contributed by atoms with E-state index < -0.39 is 0 Å². The maximum atomic E-state index is 12.2. The molecular formula is C22H20N4O3S2. The second kappa shape index (κ2) is 9.76. The van der Waals surface area contributed by atoms with Gasteiger partial charge in [-0.1, -0.05) is 54.2 Å². The van der Waals surface area contributed by atoms with Crippen molar-refractivity contribution < 1.29 is 13.9 Å². The zero-order valence-electron chi connectivity index (χ0n) is 17.0. The standard InChI is InChI=1S/C22H20N4O3S2/c1-14-7-6-10-18(15(14)2)28-11-20-25-26-22(29-20)31-13-19(27)24-21-23-17(12-30-21)16-8-4-3-5-9-16/h3-10,12H,11,13H2,1-2H3,(H,23,24,27). The molecule has 7 nitrogen and oxygen atoms in total. The number of thioether (sulfide) groups is 1. The molecule has 0 bridgehead atoms. The number of nitrogens with zero attached hydrogens (tertiary/aromatic N) is 3. The maximum absolute atomic E-state index is 12.2. The molecule has 0 aliphatic heterocycles. The number of carbonyl (C=O) groups excluding carboxylic acids is 1. The zero-order chi connectivity index (χ0) is 21.6. The predicted octanol–water partition coefficient (Wildman–Crippen LogP) is 5.12. The van der Waals surface area contributed by atoms with Crippen LogP contribution in [0.1, 0.15) is 17.0 Å². The van der Waals surface area contributed by atoms with Gasteiger partial charge in [-0.25, -0.2) is 4.98 Å². The summed E-state index contributed by atoms with van der Waals surface area (Å²) in [5.74, 6) is 1.09. The molecule has 0 spiro atoms. The first-order chi connectivity index (χ1) is 15.1. The van der Waals surface area contributed by atoms with Gasteiger partial charge in [-0.3, -0.25) is 4.79 Å². The molecule has 9 heteroatoms. The molecule has 1 N–H and O–H groups in total. The lowest BCUT2D eigenvalue weighted by Crippen LogP contribution is -2.13. The van der Waals surface area contributed by atoms with E-state index in [-0.39, 0.29) is 18.3 Å². The van der Waals surface area contributed by atoms with E-state index in [4.69, 9.17) is 9.15 Å². The third kappa shape index (κ3) is 5.50. The molecule has 2 aromatic heterocycles. The van der Waals surface area contributed by atoms with E-state index in [0.29, 0.717) is 16.2 Å². The fraction of sp³-hybridized carbons (Fsp3) is 0.182.